The van der Waals surface area contributed by atoms with E-state index in [1.54, 1.807) is 0 Å². The summed E-state index contributed by atoms with van der Waals surface area (Å²) in [6.45, 7) is 0. The number of aliphatic carboxylic acids is 1. The van der Waals surface area contributed by atoms with E-state index in [0.29, 0.717) is 0 Å². The Bertz CT molecular complexity index is 399. The van der Waals surface area contributed by atoms with Gasteiger partial charge in [0.2, 0.25) is 0 Å². The first-order valence-corrected chi connectivity index (χ1v) is 4.54. The molecule has 0 aliphatic carbocycles. The molecule has 0 unspecified atom stereocenters. The van der Waals surface area contributed by atoms with Crippen LogP contribution in [0.1, 0.15) is 5.56 Å². The largest absolute Gasteiger partial charge is 0.488 e. The highest BCUT2D eigenvalue weighted by Crippen LogP contribution is 2.07. The molecule has 0 spiro atoms. The van der Waals surface area contributed by atoms with Crippen LogP contribution in [0.4, 0.5) is 4.39 Å². The highest BCUT2D eigenvalue weighted by atomic mass is 18.2. The summed E-state index contributed by atoms with van der Waals surface area (Å²) in [5.74, 6) is -1.92. The number of hydrogen-bond acceptors (Lipinski definition) is 4. The zero-order chi connectivity index (χ0) is 12.3. The first-order chi connectivity index (χ1) is 7.41. The first-order valence-electron chi connectivity index (χ1n) is 4.54. The molecule has 0 heterocycles. The summed E-state index contributed by atoms with van der Waals surface area (Å²) in [6.07, 6.45) is -0.150. The van der Waals surface area contributed by atoms with Gasteiger partial charge >= 0.3 is 13.1 Å². The van der Waals surface area contributed by atoms with Gasteiger partial charge in [-0.1, -0.05) is 12.1 Å². The van der Waals surface area contributed by atoms with E-state index in [0.717, 1.165) is 6.07 Å². The van der Waals surface area contributed by atoms with Crippen molar-refractivity contribution in [1.29, 1.82) is 0 Å². The van der Waals surface area contributed by atoms with Gasteiger partial charge in [-0.15, -0.1) is 0 Å². The molecule has 0 radical (unpaired) electrons. The van der Waals surface area contributed by atoms with Gasteiger partial charge in [0.15, 0.2) is 0 Å². The topological polar surface area (TPSA) is 104 Å². The molecule has 0 bridgehead atoms. The molecule has 0 saturated heterocycles. The second kappa shape index (κ2) is 5.06. The Kier molecular flexibility index (Phi) is 4.00. The molecule has 0 saturated carbocycles. The average Bonchev–Trinajstić information content (AvgIpc) is 2.20. The van der Waals surface area contributed by atoms with Crippen LogP contribution in [0, 0.1) is 5.82 Å². The minimum absolute atomic E-state index is 0.00477. The average molecular weight is 226 g/mol. The van der Waals surface area contributed by atoms with Crippen molar-refractivity contribution in [1.82, 2.24) is 0 Å². The lowest BCUT2D eigenvalue weighted by atomic mass is 9.79. The summed E-state index contributed by atoms with van der Waals surface area (Å²) in [7, 11) is -1.75. The van der Waals surface area contributed by atoms with Gasteiger partial charge in [0.05, 0.1) is 0 Å². The molecule has 0 aliphatic rings. The van der Waals surface area contributed by atoms with E-state index < -0.39 is 24.9 Å². The highest BCUT2D eigenvalue weighted by Gasteiger charge is 2.17. The predicted octanol–water partition coefficient (Wildman–Crippen LogP) is -1.54. The smallest absolute Gasteiger partial charge is 0.480 e. The Morgan fingerprint density at radius 2 is 2.12 bits per heavy atom. The maximum absolute atomic E-state index is 13.4. The van der Waals surface area contributed by atoms with Crippen LogP contribution in [-0.2, 0) is 11.2 Å². The maximum atomic E-state index is 13.4. The summed E-state index contributed by atoms with van der Waals surface area (Å²) in [4.78, 5) is 10.5. The minimum atomic E-state index is -1.75. The van der Waals surface area contributed by atoms with E-state index in [1.807, 2.05) is 0 Å². The van der Waals surface area contributed by atoms with Crippen molar-refractivity contribution >= 4 is 18.6 Å². The van der Waals surface area contributed by atoms with E-state index in [2.05, 4.69) is 0 Å². The zero-order valence-electron chi connectivity index (χ0n) is 8.30. The Labute approximate surface area is 91.5 Å². The van der Waals surface area contributed by atoms with Crippen LogP contribution in [0.15, 0.2) is 18.2 Å². The highest BCUT2D eigenvalue weighted by molar-refractivity contribution is 6.58. The molecule has 0 aromatic heterocycles. The van der Waals surface area contributed by atoms with E-state index in [-0.39, 0.29) is 17.4 Å². The standard InChI is InChI=1S/C9H11BFNO4/c11-7-4-6(10(15)16)2-1-5(7)3-8(12)9(13)14/h1-2,4,8,15-16H,3,12H2,(H,13,14)/t8-/m0/s1/i11-1. The third-order valence-corrected chi connectivity index (χ3v) is 2.13. The number of hydrogen-bond donors (Lipinski definition) is 4. The third kappa shape index (κ3) is 3.03. The molecular formula is C9H11BFNO4. The van der Waals surface area contributed by atoms with Gasteiger partial charge in [-0.05, 0) is 17.1 Å². The van der Waals surface area contributed by atoms with Gasteiger partial charge in [0, 0.05) is 6.42 Å². The Hall–Kier alpha value is -1.44. The monoisotopic (exact) mass is 226 g/mol. The van der Waals surface area contributed by atoms with Gasteiger partial charge in [0.25, 0.3) is 0 Å². The number of rotatable bonds is 4. The van der Waals surface area contributed by atoms with Crippen molar-refractivity contribution in [2.24, 2.45) is 5.73 Å². The summed E-state index contributed by atoms with van der Waals surface area (Å²) in [5.41, 5.74) is 5.38. The van der Waals surface area contributed by atoms with E-state index in [1.165, 1.54) is 12.1 Å². The number of carbonyl (C=O) groups is 1. The van der Waals surface area contributed by atoms with E-state index in [9.17, 15) is 9.18 Å². The number of halogens is 1. The summed E-state index contributed by atoms with van der Waals surface area (Å²) < 4.78 is 13.4. The second-order valence-electron chi connectivity index (χ2n) is 3.37. The van der Waals surface area contributed by atoms with Crippen LogP contribution in [0.2, 0.25) is 0 Å². The SMILES string of the molecule is N[C@@H](Cc1ccc(B(O)O)cc1[18F])C(=O)O. The molecule has 7 heteroatoms. The van der Waals surface area contributed by atoms with Crippen LogP contribution in [0.3, 0.4) is 0 Å². The van der Waals surface area contributed by atoms with Crippen LogP contribution >= 0.6 is 0 Å². The van der Waals surface area contributed by atoms with Crippen molar-refractivity contribution in [3.63, 3.8) is 0 Å². The first kappa shape index (κ1) is 12.6. The van der Waals surface area contributed by atoms with Gasteiger partial charge in [-0.2, -0.15) is 0 Å². The molecule has 16 heavy (non-hydrogen) atoms. The zero-order valence-corrected chi connectivity index (χ0v) is 8.30. The van der Waals surface area contributed by atoms with Crippen molar-refractivity contribution in [2.75, 3.05) is 0 Å². The molecule has 1 aromatic rings. The molecule has 1 rings (SSSR count). The summed E-state index contributed by atoms with van der Waals surface area (Å²) in [6, 6.07) is 2.35. The number of carboxylic acid groups (broad SMARTS) is 1. The fourth-order valence-corrected chi connectivity index (χ4v) is 1.21. The molecule has 1 atom stereocenters. The van der Waals surface area contributed by atoms with Gasteiger partial charge in [-0.3, -0.25) is 4.79 Å². The van der Waals surface area contributed by atoms with Gasteiger partial charge in [0.1, 0.15) is 11.9 Å². The fraction of sp³-hybridized carbons (Fsp3) is 0.222. The molecule has 5 nitrogen and oxygen atoms in total. The number of benzene rings is 1. The van der Waals surface area contributed by atoms with Crippen molar-refractivity contribution in [2.45, 2.75) is 12.5 Å². The lowest BCUT2D eigenvalue weighted by molar-refractivity contribution is -0.138. The molecule has 5 N–H and O–H groups in total. The fourth-order valence-electron chi connectivity index (χ4n) is 1.21. The van der Waals surface area contributed by atoms with Crippen LogP contribution in [-0.4, -0.2) is 34.3 Å². The Morgan fingerprint density at radius 3 is 2.56 bits per heavy atom. The molecule has 0 aliphatic heterocycles. The second-order valence-corrected chi connectivity index (χ2v) is 3.37. The van der Waals surface area contributed by atoms with Gasteiger partial charge < -0.3 is 20.9 Å². The van der Waals surface area contributed by atoms with Crippen molar-refractivity contribution < 1.29 is 24.3 Å². The lowest BCUT2D eigenvalue weighted by Gasteiger charge is -2.08. The molecule has 1 aromatic carbocycles. The lowest BCUT2D eigenvalue weighted by Crippen LogP contribution is -2.33. The quantitative estimate of drug-likeness (QED) is 0.466. The Balaban J connectivity index is 2.87. The van der Waals surface area contributed by atoms with Crippen molar-refractivity contribution in [3.8, 4) is 0 Å². The van der Waals surface area contributed by atoms with Crippen LogP contribution in [0.5, 0.6) is 0 Å². The molecule has 0 amide bonds. The van der Waals surface area contributed by atoms with Crippen LogP contribution < -0.4 is 11.2 Å². The van der Waals surface area contributed by atoms with Crippen LogP contribution in [0.25, 0.3) is 0 Å². The maximum Gasteiger partial charge on any atom is 0.488 e. The molecular weight excluding hydrogens is 215 g/mol. The normalized spacial score (nSPS) is 12.2. The van der Waals surface area contributed by atoms with E-state index in [4.69, 9.17) is 20.9 Å². The third-order valence-electron chi connectivity index (χ3n) is 2.13. The Morgan fingerprint density at radius 1 is 1.50 bits per heavy atom. The summed E-state index contributed by atoms with van der Waals surface area (Å²) in [5, 5.41) is 26.1. The minimum Gasteiger partial charge on any atom is -0.480 e. The van der Waals surface area contributed by atoms with E-state index >= 15 is 0 Å². The molecule has 0 fully saturated rings. The number of carboxylic acids is 1. The molecule has 86 valence electrons. The van der Waals surface area contributed by atoms with Crippen molar-refractivity contribution in [3.05, 3.63) is 29.6 Å². The number of nitrogens with two attached hydrogens (primary N) is 1. The van der Waals surface area contributed by atoms with Gasteiger partial charge in [-0.25, -0.2) is 4.39 Å². The summed E-state index contributed by atoms with van der Waals surface area (Å²) >= 11 is 0. The predicted molar refractivity (Wildman–Crippen MR) is 55.5 cm³/mol.